The zero-order valence-electron chi connectivity index (χ0n) is 19.1. The molecule has 178 valence electrons. The number of aryl methyl sites for hydroxylation is 1. The van der Waals surface area contributed by atoms with Crippen LogP contribution in [0.4, 0.5) is 5.69 Å². The number of fused-ring (bicyclic) bond motifs is 1. The van der Waals surface area contributed by atoms with Gasteiger partial charge in [0.25, 0.3) is 10.0 Å². The molecule has 2 heterocycles. The van der Waals surface area contributed by atoms with E-state index in [-0.39, 0.29) is 15.7 Å². The van der Waals surface area contributed by atoms with Crippen LogP contribution >= 0.6 is 11.3 Å². The normalized spacial score (nSPS) is 16.8. The number of para-hydroxylation sites is 1. The summed E-state index contributed by atoms with van der Waals surface area (Å²) in [6.45, 7) is 2.62. The molecule has 1 N–H and O–H groups in total. The quantitative estimate of drug-likeness (QED) is 0.602. The Kier molecular flexibility index (Phi) is 7.09. The summed E-state index contributed by atoms with van der Waals surface area (Å²) in [6.07, 6.45) is 6.80. The summed E-state index contributed by atoms with van der Waals surface area (Å²) in [7, 11) is -2.76. The summed E-state index contributed by atoms with van der Waals surface area (Å²) in [5, 5.41) is 0. The predicted octanol–water partition coefficient (Wildman–Crippen LogP) is 4.50. The number of carbonyl (C=O) groups is 2. The minimum atomic E-state index is -4.01. The number of nitrogens with one attached hydrogen (secondary N) is 1. The molecule has 0 unspecified atom stereocenters. The van der Waals surface area contributed by atoms with Crippen LogP contribution in [0.3, 0.4) is 0 Å². The molecule has 0 spiro atoms. The molecule has 2 aliphatic rings. The second-order valence-corrected chi connectivity index (χ2v) is 11.8. The molecule has 0 bridgehead atoms. The minimum absolute atomic E-state index is 0.0517. The monoisotopic (exact) mass is 490 g/mol. The van der Waals surface area contributed by atoms with Gasteiger partial charge in [-0.2, -0.15) is 0 Å². The molecule has 1 amide bonds. The van der Waals surface area contributed by atoms with Crippen molar-refractivity contribution in [1.29, 1.82) is 0 Å². The molecule has 2 aromatic rings. The second-order valence-electron chi connectivity index (χ2n) is 8.85. The van der Waals surface area contributed by atoms with Crippen LogP contribution in [0.15, 0.2) is 28.5 Å². The molecule has 9 heteroatoms. The van der Waals surface area contributed by atoms with Gasteiger partial charge in [0, 0.05) is 17.8 Å². The predicted molar refractivity (Wildman–Crippen MR) is 128 cm³/mol. The number of amides is 1. The zero-order chi connectivity index (χ0) is 23.6. The van der Waals surface area contributed by atoms with E-state index in [9.17, 15) is 18.0 Å². The lowest BCUT2D eigenvalue weighted by atomic mass is 9.86. The first-order valence-electron chi connectivity index (χ1n) is 11.4. The molecule has 1 aromatic carbocycles. The first-order valence-corrected chi connectivity index (χ1v) is 13.7. The molecule has 1 aromatic heterocycles. The van der Waals surface area contributed by atoms with Gasteiger partial charge in [0.15, 0.2) is 4.21 Å². The number of methoxy groups -OCH3 is 1. The third kappa shape index (κ3) is 5.09. The topological polar surface area (TPSA) is 92.8 Å². The summed E-state index contributed by atoms with van der Waals surface area (Å²) in [5.41, 5.74) is 2.02. The number of nitrogens with zero attached hydrogens (tertiary/aromatic N) is 1. The summed E-state index contributed by atoms with van der Waals surface area (Å²) in [4.78, 5) is 28.1. The van der Waals surface area contributed by atoms with Crippen LogP contribution in [0.25, 0.3) is 0 Å². The molecule has 33 heavy (non-hydrogen) atoms. The van der Waals surface area contributed by atoms with Crippen molar-refractivity contribution < 1.29 is 22.7 Å². The molecule has 0 saturated heterocycles. The lowest BCUT2D eigenvalue weighted by Crippen LogP contribution is -2.36. The zero-order valence-corrected chi connectivity index (χ0v) is 20.7. The van der Waals surface area contributed by atoms with Crippen LogP contribution in [0, 0.1) is 12.8 Å². The van der Waals surface area contributed by atoms with Crippen LogP contribution in [-0.4, -0.2) is 38.8 Å². The Morgan fingerprint density at radius 2 is 1.91 bits per heavy atom. The van der Waals surface area contributed by atoms with Crippen molar-refractivity contribution in [2.24, 2.45) is 5.92 Å². The molecule has 0 atom stereocenters. The Bertz CT molecular complexity index is 1150. The second kappa shape index (κ2) is 9.85. The van der Waals surface area contributed by atoms with Gasteiger partial charge < -0.3 is 9.64 Å². The van der Waals surface area contributed by atoms with E-state index in [4.69, 9.17) is 4.74 Å². The van der Waals surface area contributed by atoms with Crippen molar-refractivity contribution in [3.05, 3.63) is 45.8 Å². The number of anilines is 1. The molecule has 1 fully saturated rings. The highest BCUT2D eigenvalue weighted by Gasteiger charge is 2.35. The Balaban J connectivity index is 1.61. The van der Waals surface area contributed by atoms with Crippen LogP contribution in [0.1, 0.15) is 64.9 Å². The minimum Gasteiger partial charge on any atom is -0.465 e. The van der Waals surface area contributed by atoms with Crippen molar-refractivity contribution in [3.63, 3.8) is 0 Å². The lowest BCUT2D eigenvalue weighted by molar-refractivity contribution is -0.133. The Hall–Kier alpha value is -2.39. The van der Waals surface area contributed by atoms with Gasteiger partial charge in [-0.15, -0.1) is 11.3 Å². The molecule has 4 rings (SSSR count). The summed E-state index contributed by atoms with van der Waals surface area (Å²) < 4.78 is 34.1. The van der Waals surface area contributed by atoms with Crippen LogP contribution < -0.4 is 4.72 Å². The van der Waals surface area contributed by atoms with E-state index in [0.717, 1.165) is 34.6 Å². The van der Waals surface area contributed by atoms with Gasteiger partial charge in [0.05, 0.1) is 24.9 Å². The Labute approximate surface area is 199 Å². The van der Waals surface area contributed by atoms with Crippen LogP contribution in [0.5, 0.6) is 0 Å². The number of esters is 1. The van der Waals surface area contributed by atoms with E-state index in [2.05, 4.69) is 4.72 Å². The van der Waals surface area contributed by atoms with Gasteiger partial charge in [0.2, 0.25) is 5.91 Å². The van der Waals surface area contributed by atoms with Crippen LogP contribution in [0.2, 0.25) is 0 Å². The van der Waals surface area contributed by atoms with Gasteiger partial charge in [-0.25, -0.2) is 13.2 Å². The number of carbonyl (C=O) groups excluding carboxylic acids is 2. The van der Waals surface area contributed by atoms with Gasteiger partial charge in [0.1, 0.15) is 0 Å². The van der Waals surface area contributed by atoms with Crippen molar-refractivity contribution >= 4 is 38.9 Å². The average molecular weight is 491 g/mol. The van der Waals surface area contributed by atoms with Crippen molar-refractivity contribution in [2.75, 3.05) is 18.4 Å². The van der Waals surface area contributed by atoms with Crippen molar-refractivity contribution in [2.45, 2.75) is 62.6 Å². The maximum absolute atomic E-state index is 13.3. The fraction of sp³-hybridized carbons (Fsp3) is 0.500. The molecule has 7 nitrogen and oxygen atoms in total. The van der Waals surface area contributed by atoms with E-state index in [1.165, 1.54) is 26.4 Å². The molecule has 1 aliphatic carbocycles. The summed E-state index contributed by atoms with van der Waals surface area (Å²) in [6, 6.07) is 7.08. The molecular weight excluding hydrogens is 460 g/mol. The van der Waals surface area contributed by atoms with Crippen molar-refractivity contribution in [3.8, 4) is 0 Å². The molecule has 1 aliphatic heterocycles. The average Bonchev–Trinajstić information content (AvgIpc) is 3.20. The van der Waals surface area contributed by atoms with E-state index in [0.29, 0.717) is 43.1 Å². The number of ether oxygens (including phenoxy) is 1. The third-order valence-electron chi connectivity index (χ3n) is 6.59. The molecular formula is C24H30N2O5S2. The van der Waals surface area contributed by atoms with E-state index >= 15 is 0 Å². The standard InChI is InChI=1S/C24H30N2O5S2/c1-16-8-6-7-11-19(16)25-33(29,30)24-22(23(28)31-2)18-12-13-26(15-20(18)32-24)21(27)14-17-9-4-3-5-10-17/h6-8,11,17,25H,3-5,9-10,12-15H2,1-2H3. The maximum Gasteiger partial charge on any atom is 0.340 e. The first-order chi connectivity index (χ1) is 15.8. The fourth-order valence-corrected chi connectivity index (χ4v) is 7.77. The Morgan fingerprint density at radius 1 is 1.18 bits per heavy atom. The number of rotatable bonds is 6. The molecule has 0 radical (unpaired) electrons. The van der Waals surface area contributed by atoms with Crippen molar-refractivity contribution in [1.82, 2.24) is 4.90 Å². The van der Waals surface area contributed by atoms with Gasteiger partial charge in [-0.05, 0) is 49.3 Å². The maximum atomic E-state index is 13.3. The van der Waals surface area contributed by atoms with Crippen LogP contribution in [-0.2, 0) is 32.5 Å². The lowest BCUT2D eigenvalue weighted by Gasteiger charge is -2.29. The highest BCUT2D eigenvalue weighted by molar-refractivity contribution is 7.94. The number of thiophene rings is 1. The van der Waals surface area contributed by atoms with Gasteiger partial charge >= 0.3 is 5.97 Å². The number of sulfonamides is 1. The highest BCUT2D eigenvalue weighted by Crippen LogP contribution is 2.38. The van der Waals surface area contributed by atoms with Gasteiger partial charge in [-0.3, -0.25) is 9.52 Å². The number of benzene rings is 1. The van der Waals surface area contributed by atoms with Gasteiger partial charge in [-0.1, -0.05) is 37.5 Å². The third-order valence-corrected chi connectivity index (χ3v) is 9.69. The largest absolute Gasteiger partial charge is 0.465 e. The molecule has 1 saturated carbocycles. The van der Waals surface area contributed by atoms with E-state index in [1.807, 2.05) is 19.1 Å². The van der Waals surface area contributed by atoms with E-state index in [1.54, 1.807) is 17.0 Å². The highest BCUT2D eigenvalue weighted by atomic mass is 32.2. The smallest absolute Gasteiger partial charge is 0.340 e. The summed E-state index contributed by atoms with van der Waals surface area (Å²) >= 11 is 1.06. The summed E-state index contributed by atoms with van der Waals surface area (Å²) in [5.74, 6) is -0.112. The Morgan fingerprint density at radius 3 is 2.61 bits per heavy atom. The number of hydrogen-bond acceptors (Lipinski definition) is 6. The number of hydrogen-bond donors (Lipinski definition) is 1. The van der Waals surface area contributed by atoms with E-state index < -0.39 is 16.0 Å². The fourth-order valence-electron chi connectivity index (χ4n) is 4.73. The SMILES string of the molecule is COC(=O)c1c(S(=O)(=O)Nc2ccccc2C)sc2c1CCN(C(=O)CC1CCCCC1)C2. The first kappa shape index (κ1) is 23.8.